The lowest BCUT2D eigenvalue weighted by atomic mass is 10.1. The Hall–Kier alpha value is -0.970. The van der Waals surface area contributed by atoms with Gasteiger partial charge >= 0.3 is 0 Å². The van der Waals surface area contributed by atoms with Crippen molar-refractivity contribution in [1.82, 2.24) is 9.88 Å². The van der Waals surface area contributed by atoms with Gasteiger partial charge in [0.05, 0.1) is 0 Å². The molecule has 4 nitrogen and oxygen atoms in total. The van der Waals surface area contributed by atoms with Gasteiger partial charge in [0.25, 0.3) is 0 Å². The fourth-order valence-corrected chi connectivity index (χ4v) is 1.90. The van der Waals surface area contributed by atoms with E-state index in [1.807, 2.05) is 18.5 Å². The van der Waals surface area contributed by atoms with Gasteiger partial charge in [0, 0.05) is 18.4 Å². The maximum atomic E-state index is 6.00. The molecule has 2 N–H and O–H groups in total. The summed E-state index contributed by atoms with van der Waals surface area (Å²) in [6, 6.07) is 4.79. The van der Waals surface area contributed by atoms with Crippen LogP contribution in [0.25, 0.3) is 0 Å². The minimum Gasteiger partial charge on any atom is -0.299 e. The molecule has 78 valence electrons. The van der Waals surface area contributed by atoms with E-state index >= 15 is 0 Å². The van der Waals surface area contributed by atoms with E-state index in [1.165, 1.54) is 24.9 Å². The SMILES string of the molecule is CN1CCCC1c1cccnc1.OO. The molecule has 4 heteroatoms. The topological polar surface area (TPSA) is 56.6 Å². The first-order valence-electron chi connectivity index (χ1n) is 4.68. The Kier molecular flexibility index (Phi) is 4.52. The summed E-state index contributed by atoms with van der Waals surface area (Å²) in [4.78, 5) is 6.54. The maximum absolute atomic E-state index is 6.00. The van der Waals surface area contributed by atoms with Crippen molar-refractivity contribution >= 4 is 0 Å². The first-order chi connectivity index (χ1) is 6.88. The molecule has 1 aliphatic rings. The number of hydrogen-bond acceptors (Lipinski definition) is 4. The smallest absolute Gasteiger partial charge is 0.0360 e. The Morgan fingerprint density at radius 1 is 1.50 bits per heavy atom. The molecule has 2 heterocycles. The van der Waals surface area contributed by atoms with Crippen molar-refractivity contribution in [1.29, 1.82) is 0 Å². The van der Waals surface area contributed by atoms with E-state index in [0.717, 1.165) is 0 Å². The lowest BCUT2D eigenvalue weighted by Crippen LogP contribution is -2.17. The zero-order valence-corrected chi connectivity index (χ0v) is 8.30. The molecule has 1 aromatic heterocycles. The molecule has 1 aromatic rings. The van der Waals surface area contributed by atoms with Crippen LogP contribution in [0.1, 0.15) is 24.4 Å². The van der Waals surface area contributed by atoms with E-state index in [9.17, 15) is 0 Å². The molecule has 0 aromatic carbocycles. The van der Waals surface area contributed by atoms with Gasteiger partial charge in [-0.2, -0.15) is 0 Å². The van der Waals surface area contributed by atoms with Gasteiger partial charge < -0.3 is 0 Å². The van der Waals surface area contributed by atoms with E-state index in [1.54, 1.807) is 0 Å². The normalized spacial score (nSPS) is 21.5. The number of pyridine rings is 1. The molecule has 2 rings (SSSR count). The Labute approximate surface area is 83.8 Å². The number of hydrogen-bond donors (Lipinski definition) is 2. The largest absolute Gasteiger partial charge is 0.299 e. The Morgan fingerprint density at radius 2 is 2.29 bits per heavy atom. The van der Waals surface area contributed by atoms with Crippen LogP contribution < -0.4 is 0 Å². The minimum atomic E-state index is 0.610. The zero-order valence-electron chi connectivity index (χ0n) is 8.30. The second-order valence-electron chi connectivity index (χ2n) is 3.42. The van der Waals surface area contributed by atoms with Gasteiger partial charge in [0.15, 0.2) is 0 Å². The lowest BCUT2D eigenvalue weighted by molar-refractivity contribution is -0.176. The highest BCUT2D eigenvalue weighted by Crippen LogP contribution is 2.29. The minimum absolute atomic E-state index is 0.610. The Morgan fingerprint density at radius 3 is 2.79 bits per heavy atom. The predicted octanol–water partition coefficient (Wildman–Crippen LogP) is 1.87. The molecule has 1 fully saturated rings. The fraction of sp³-hybridized carbons (Fsp3) is 0.500. The van der Waals surface area contributed by atoms with E-state index < -0.39 is 0 Å². The van der Waals surface area contributed by atoms with Crippen LogP contribution in [0, 0.1) is 0 Å². The van der Waals surface area contributed by atoms with Crippen LogP contribution in [0.4, 0.5) is 0 Å². The van der Waals surface area contributed by atoms with Crippen molar-refractivity contribution < 1.29 is 10.5 Å². The monoisotopic (exact) mass is 196 g/mol. The first-order valence-corrected chi connectivity index (χ1v) is 4.68. The van der Waals surface area contributed by atoms with Gasteiger partial charge in [0.2, 0.25) is 0 Å². The van der Waals surface area contributed by atoms with Crippen LogP contribution in [-0.4, -0.2) is 34.0 Å². The molecule has 0 amide bonds. The van der Waals surface area contributed by atoms with Gasteiger partial charge in [-0.25, -0.2) is 0 Å². The van der Waals surface area contributed by atoms with Gasteiger partial charge in [-0.1, -0.05) is 6.07 Å². The molecule has 1 saturated heterocycles. The summed E-state index contributed by atoms with van der Waals surface area (Å²) in [7, 11) is 2.19. The zero-order chi connectivity index (χ0) is 10.4. The van der Waals surface area contributed by atoms with Crippen molar-refractivity contribution in [2.24, 2.45) is 0 Å². The van der Waals surface area contributed by atoms with Crippen molar-refractivity contribution in [3.8, 4) is 0 Å². The van der Waals surface area contributed by atoms with E-state index in [0.29, 0.717) is 6.04 Å². The van der Waals surface area contributed by atoms with E-state index in [2.05, 4.69) is 23.0 Å². The van der Waals surface area contributed by atoms with Crippen molar-refractivity contribution in [2.75, 3.05) is 13.6 Å². The number of rotatable bonds is 1. The van der Waals surface area contributed by atoms with Crippen molar-refractivity contribution in [3.05, 3.63) is 30.1 Å². The molecule has 14 heavy (non-hydrogen) atoms. The van der Waals surface area contributed by atoms with Crippen LogP contribution in [0.2, 0.25) is 0 Å². The molecular formula is C10H16N2O2. The number of nitrogens with zero attached hydrogens (tertiary/aromatic N) is 2. The van der Waals surface area contributed by atoms with Crippen molar-refractivity contribution in [2.45, 2.75) is 18.9 Å². The van der Waals surface area contributed by atoms with Gasteiger partial charge in [0.1, 0.15) is 0 Å². The number of aromatic nitrogens is 1. The summed E-state index contributed by atoms with van der Waals surface area (Å²) in [5.41, 5.74) is 1.36. The third-order valence-electron chi connectivity index (χ3n) is 2.59. The Balaban J connectivity index is 0.000000461. The van der Waals surface area contributed by atoms with Gasteiger partial charge in [-0.3, -0.25) is 20.4 Å². The molecular weight excluding hydrogens is 180 g/mol. The van der Waals surface area contributed by atoms with Crippen LogP contribution in [-0.2, 0) is 0 Å². The Bertz CT molecular complexity index is 254. The number of likely N-dealkylation sites (tertiary alicyclic amines) is 1. The third-order valence-corrected chi connectivity index (χ3v) is 2.59. The molecule has 1 aliphatic heterocycles. The van der Waals surface area contributed by atoms with Crippen LogP contribution >= 0.6 is 0 Å². The predicted molar refractivity (Wildman–Crippen MR) is 54.1 cm³/mol. The van der Waals surface area contributed by atoms with Crippen LogP contribution in [0.15, 0.2) is 24.5 Å². The molecule has 0 bridgehead atoms. The third kappa shape index (κ3) is 2.51. The van der Waals surface area contributed by atoms with E-state index in [-0.39, 0.29) is 0 Å². The first kappa shape index (κ1) is 11.1. The molecule has 0 radical (unpaired) electrons. The molecule has 0 aliphatic carbocycles. The molecule has 1 atom stereocenters. The average Bonchev–Trinajstić information content (AvgIpc) is 2.69. The fourth-order valence-electron chi connectivity index (χ4n) is 1.90. The summed E-state index contributed by atoms with van der Waals surface area (Å²) in [6.45, 7) is 1.22. The van der Waals surface area contributed by atoms with Crippen LogP contribution in [0.5, 0.6) is 0 Å². The summed E-state index contributed by atoms with van der Waals surface area (Å²) >= 11 is 0. The van der Waals surface area contributed by atoms with Crippen molar-refractivity contribution in [3.63, 3.8) is 0 Å². The maximum Gasteiger partial charge on any atom is 0.0360 e. The van der Waals surface area contributed by atoms with Gasteiger partial charge in [-0.15, -0.1) is 0 Å². The summed E-state index contributed by atoms with van der Waals surface area (Å²) in [5.74, 6) is 0. The second-order valence-corrected chi connectivity index (χ2v) is 3.42. The average molecular weight is 196 g/mol. The standard InChI is InChI=1S/C10H14N2.H2O2/c1-12-7-3-5-10(12)9-4-2-6-11-8-9;1-2/h2,4,6,8,10H,3,5,7H2,1H3;1-2H. The highest BCUT2D eigenvalue weighted by molar-refractivity contribution is 5.14. The van der Waals surface area contributed by atoms with E-state index in [4.69, 9.17) is 10.5 Å². The van der Waals surface area contributed by atoms with Crippen LogP contribution in [0.3, 0.4) is 0 Å². The summed E-state index contributed by atoms with van der Waals surface area (Å²) in [6.07, 6.45) is 6.41. The highest BCUT2D eigenvalue weighted by Gasteiger charge is 2.21. The quantitative estimate of drug-likeness (QED) is 0.531. The lowest BCUT2D eigenvalue weighted by Gasteiger charge is -2.18. The molecule has 0 spiro atoms. The molecule has 0 saturated carbocycles. The molecule has 1 unspecified atom stereocenters. The summed E-state index contributed by atoms with van der Waals surface area (Å²) in [5, 5.41) is 12.0. The van der Waals surface area contributed by atoms with Gasteiger partial charge in [-0.05, 0) is 38.1 Å². The summed E-state index contributed by atoms with van der Waals surface area (Å²) < 4.78 is 0. The highest BCUT2D eigenvalue weighted by atomic mass is 17.0. The second kappa shape index (κ2) is 5.70.